The summed E-state index contributed by atoms with van der Waals surface area (Å²) in [7, 11) is 0. The molecule has 0 spiro atoms. The van der Waals surface area contributed by atoms with Gasteiger partial charge in [-0.05, 0) is 44.5 Å². The summed E-state index contributed by atoms with van der Waals surface area (Å²) in [5, 5.41) is 0.758. The number of nitrogens with zero attached hydrogens (tertiary/aromatic N) is 1. The van der Waals surface area contributed by atoms with Crippen molar-refractivity contribution in [3.63, 3.8) is 0 Å². The molecule has 1 aromatic rings. The van der Waals surface area contributed by atoms with Crippen LogP contribution in [0.5, 0.6) is 0 Å². The van der Waals surface area contributed by atoms with Gasteiger partial charge in [-0.25, -0.2) is 0 Å². The molecule has 4 nitrogen and oxygen atoms in total. The number of ether oxygens (including phenoxy) is 2. The second-order valence-electron chi connectivity index (χ2n) is 4.71. The van der Waals surface area contributed by atoms with Crippen molar-refractivity contribution in [1.29, 1.82) is 0 Å². The van der Waals surface area contributed by atoms with E-state index in [1.807, 2.05) is 19.9 Å². The maximum absolute atomic E-state index is 6.42. The molecule has 0 aliphatic rings. The predicted octanol–water partition coefficient (Wildman–Crippen LogP) is 2.72. The average molecular weight is 315 g/mol. The molecule has 5 heteroatoms. The zero-order valence-corrected chi connectivity index (χ0v) is 13.9. The topological polar surface area (TPSA) is 47.7 Å². The first kappa shape index (κ1) is 18.2. The highest BCUT2D eigenvalue weighted by atomic mass is 35.5. The van der Waals surface area contributed by atoms with Gasteiger partial charge in [0.1, 0.15) is 0 Å². The molecular formula is C16H27ClN2O2. The van der Waals surface area contributed by atoms with Crippen LogP contribution in [-0.2, 0) is 15.9 Å². The Labute approximate surface area is 133 Å². The second-order valence-corrected chi connectivity index (χ2v) is 5.11. The summed E-state index contributed by atoms with van der Waals surface area (Å²) >= 11 is 6.42. The largest absolute Gasteiger partial charge is 0.380 e. The third-order valence-electron chi connectivity index (χ3n) is 3.21. The summed E-state index contributed by atoms with van der Waals surface area (Å²) in [6.45, 7) is 9.05. The fourth-order valence-electron chi connectivity index (χ4n) is 2.12. The molecule has 0 atom stereocenters. The molecule has 0 fully saturated rings. The molecule has 21 heavy (non-hydrogen) atoms. The van der Waals surface area contributed by atoms with Crippen LogP contribution in [-0.4, -0.2) is 46.1 Å². The van der Waals surface area contributed by atoms with Gasteiger partial charge in [0.2, 0.25) is 0 Å². The van der Waals surface area contributed by atoms with E-state index in [9.17, 15) is 0 Å². The SMILES string of the molecule is CCOCCN(CCOCC)c1ccc(CCN)cc1Cl. The maximum atomic E-state index is 6.42. The van der Waals surface area contributed by atoms with Gasteiger partial charge in [-0.1, -0.05) is 17.7 Å². The van der Waals surface area contributed by atoms with Gasteiger partial charge in [0, 0.05) is 26.3 Å². The number of benzene rings is 1. The normalized spacial score (nSPS) is 10.9. The highest BCUT2D eigenvalue weighted by Gasteiger charge is 2.11. The van der Waals surface area contributed by atoms with E-state index in [2.05, 4.69) is 17.0 Å². The number of halogens is 1. The zero-order valence-electron chi connectivity index (χ0n) is 13.1. The smallest absolute Gasteiger partial charge is 0.0642 e. The van der Waals surface area contributed by atoms with Crippen molar-refractivity contribution in [2.75, 3.05) is 51.0 Å². The van der Waals surface area contributed by atoms with Crippen LogP contribution in [0.2, 0.25) is 5.02 Å². The van der Waals surface area contributed by atoms with Crippen molar-refractivity contribution in [2.45, 2.75) is 20.3 Å². The van der Waals surface area contributed by atoms with Crippen LogP contribution in [0.25, 0.3) is 0 Å². The van der Waals surface area contributed by atoms with Gasteiger partial charge in [-0.2, -0.15) is 0 Å². The second kappa shape index (κ2) is 10.9. The Balaban J connectivity index is 2.74. The van der Waals surface area contributed by atoms with Crippen LogP contribution < -0.4 is 10.6 Å². The molecule has 1 aromatic carbocycles. The van der Waals surface area contributed by atoms with E-state index < -0.39 is 0 Å². The zero-order chi connectivity index (χ0) is 15.5. The Hall–Kier alpha value is -0.810. The number of nitrogens with two attached hydrogens (primary N) is 1. The minimum atomic E-state index is 0.633. The summed E-state index contributed by atoms with van der Waals surface area (Å²) in [6.07, 6.45) is 0.845. The minimum Gasteiger partial charge on any atom is -0.380 e. The van der Waals surface area contributed by atoms with Crippen molar-refractivity contribution in [2.24, 2.45) is 5.73 Å². The fourth-order valence-corrected chi connectivity index (χ4v) is 2.44. The third kappa shape index (κ3) is 6.66. The fraction of sp³-hybridized carbons (Fsp3) is 0.625. The van der Waals surface area contributed by atoms with Crippen molar-refractivity contribution >= 4 is 17.3 Å². The Kier molecular flexibility index (Phi) is 9.42. The first-order valence-electron chi connectivity index (χ1n) is 7.61. The van der Waals surface area contributed by atoms with Crippen LogP contribution >= 0.6 is 11.6 Å². The molecule has 0 aliphatic heterocycles. The Bertz CT molecular complexity index is 392. The van der Waals surface area contributed by atoms with Crippen LogP contribution in [0.15, 0.2) is 18.2 Å². The third-order valence-corrected chi connectivity index (χ3v) is 3.51. The lowest BCUT2D eigenvalue weighted by Crippen LogP contribution is -2.31. The highest BCUT2D eigenvalue weighted by Crippen LogP contribution is 2.27. The molecule has 0 heterocycles. The van der Waals surface area contributed by atoms with E-state index in [1.54, 1.807) is 0 Å². The summed E-state index contributed by atoms with van der Waals surface area (Å²) in [6, 6.07) is 6.14. The lowest BCUT2D eigenvalue weighted by Gasteiger charge is -2.26. The maximum Gasteiger partial charge on any atom is 0.0642 e. The van der Waals surface area contributed by atoms with E-state index in [1.165, 1.54) is 5.56 Å². The van der Waals surface area contributed by atoms with Crippen molar-refractivity contribution in [1.82, 2.24) is 0 Å². The molecule has 0 saturated carbocycles. The Morgan fingerprint density at radius 2 is 1.71 bits per heavy atom. The van der Waals surface area contributed by atoms with Crippen molar-refractivity contribution < 1.29 is 9.47 Å². The highest BCUT2D eigenvalue weighted by molar-refractivity contribution is 6.33. The van der Waals surface area contributed by atoms with E-state index >= 15 is 0 Å². The lowest BCUT2D eigenvalue weighted by atomic mass is 10.1. The van der Waals surface area contributed by atoms with Gasteiger partial charge in [0.25, 0.3) is 0 Å². The van der Waals surface area contributed by atoms with Crippen molar-refractivity contribution in [3.05, 3.63) is 28.8 Å². The molecule has 0 aromatic heterocycles. The molecule has 0 saturated heterocycles. The molecule has 2 N–H and O–H groups in total. The number of anilines is 1. The molecule has 0 unspecified atom stereocenters. The van der Waals surface area contributed by atoms with Crippen LogP contribution in [0, 0.1) is 0 Å². The molecule has 0 aliphatic carbocycles. The van der Waals surface area contributed by atoms with Gasteiger partial charge in [-0.3, -0.25) is 0 Å². The summed E-state index contributed by atoms with van der Waals surface area (Å²) in [4.78, 5) is 2.21. The van der Waals surface area contributed by atoms with Crippen LogP contribution in [0.4, 0.5) is 5.69 Å². The van der Waals surface area contributed by atoms with E-state index in [0.717, 1.165) is 43.4 Å². The number of hydrogen-bond acceptors (Lipinski definition) is 4. The summed E-state index contributed by atoms with van der Waals surface area (Å²) in [5.74, 6) is 0. The molecule has 0 amide bonds. The molecule has 0 radical (unpaired) electrons. The minimum absolute atomic E-state index is 0.633. The number of hydrogen-bond donors (Lipinski definition) is 1. The Morgan fingerprint density at radius 1 is 1.10 bits per heavy atom. The molecule has 0 bridgehead atoms. The van der Waals surface area contributed by atoms with Gasteiger partial charge in [0.05, 0.1) is 23.9 Å². The van der Waals surface area contributed by atoms with Gasteiger partial charge >= 0.3 is 0 Å². The standard InChI is InChI=1S/C16H27ClN2O2/c1-3-20-11-9-19(10-12-21-4-2)16-6-5-14(7-8-18)13-15(16)17/h5-6,13H,3-4,7-12,18H2,1-2H3. The van der Waals surface area contributed by atoms with Crippen molar-refractivity contribution in [3.8, 4) is 0 Å². The van der Waals surface area contributed by atoms with Crippen LogP contribution in [0.1, 0.15) is 19.4 Å². The summed E-state index contributed by atoms with van der Waals surface area (Å²) < 4.78 is 10.9. The van der Waals surface area contributed by atoms with E-state index in [-0.39, 0.29) is 0 Å². The number of rotatable bonds is 11. The molecule has 120 valence electrons. The predicted molar refractivity (Wildman–Crippen MR) is 89.4 cm³/mol. The van der Waals surface area contributed by atoms with Gasteiger partial charge < -0.3 is 20.1 Å². The lowest BCUT2D eigenvalue weighted by molar-refractivity contribution is 0.141. The van der Waals surface area contributed by atoms with Gasteiger partial charge in [-0.15, -0.1) is 0 Å². The molecular weight excluding hydrogens is 288 g/mol. The average Bonchev–Trinajstić information content (AvgIpc) is 2.47. The Morgan fingerprint density at radius 3 is 2.19 bits per heavy atom. The van der Waals surface area contributed by atoms with Gasteiger partial charge in [0.15, 0.2) is 0 Å². The first-order valence-corrected chi connectivity index (χ1v) is 7.99. The summed E-state index contributed by atoms with van der Waals surface area (Å²) in [5.41, 5.74) is 7.78. The van der Waals surface area contributed by atoms with E-state index in [0.29, 0.717) is 19.8 Å². The monoisotopic (exact) mass is 314 g/mol. The van der Waals surface area contributed by atoms with E-state index in [4.69, 9.17) is 26.8 Å². The molecule has 1 rings (SSSR count). The quantitative estimate of drug-likeness (QED) is 0.638. The first-order chi connectivity index (χ1) is 10.2. The van der Waals surface area contributed by atoms with Crippen LogP contribution in [0.3, 0.4) is 0 Å².